The summed E-state index contributed by atoms with van der Waals surface area (Å²) in [6.45, 7) is 6.01. The third-order valence-corrected chi connectivity index (χ3v) is 4.31. The first kappa shape index (κ1) is 10.5. The predicted octanol–water partition coefficient (Wildman–Crippen LogP) is 3.20. The third-order valence-electron chi connectivity index (χ3n) is 4.31. The van der Waals surface area contributed by atoms with Crippen molar-refractivity contribution in [2.24, 2.45) is 17.8 Å². The molecule has 0 aromatic rings. The number of hydrogen-bond donors (Lipinski definition) is 1. The van der Waals surface area contributed by atoms with Crippen molar-refractivity contribution < 1.29 is 0 Å². The molecule has 2 rings (SSSR count). The van der Waals surface area contributed by atoms with E-state index in [0.29, 0.717) is 0 Å². The van der Waals surface area contributed by atoms with Crippen LogP contribution in [0.3, 0.4) is 0 Å². The summed E-state index contributed by atoms with van der Waals surface area (Å²) in [6.07, 6.45) is 8.66. The SMILES string of the molecule is CCC1CCCC(NCC2CC2C)C1. The smallest absolute Gasteiger partial charge is 0.00698 e. The first-order chi connectivity index (χ1) is 6.79. The predicted molar refractivity (Wildman–Crippen MR) is 61.3 cm³/mol. The van der Waals surface area contributed by atoms with Crippen LogP contribution in [0.15, 0.2) is 0 Å². The van der Waals surface area contributed by atoms with Gasteiger partial charge in [-0.15, -0.1) is 0 Å². The molecule has 0 aliphatic heterocycles. The summed E-state index contributed by atoms with van der Waals surface area (Å²) in [5.74, 6) is 3.03. The maximum absolute atomic E-state index is 3.78. The van der Waals surface area contributed by atoms with Gasteiger partial charge < -0.3 is 5.32 Å². The monoisotopic (exact) mass is 195 g/mol. The Morgan fingerprint density at radius 3 is 2.64 bits per heavy atom. The van der Waals surface area contributed by atoms with Gasteiger partial charge in [0.2, 0.25) is 0 Å². The topological polar surface area (TPSA) is 12.0 Å². The van der Waals surface area contributed by atoms with Crippen molar-refractivity contribution >= 4 is 0 Å². The molecule has 0 saturated heterocycles. The van der Waals surface area contributed by atoms with Gasteiger partial charge in [0, 0.05) is 6.04 Å². The molecule has 0 aromatic carbocycles. The van der Waals surface area contributed by atoms with Crippen molar-refractivity contribution in [2.75, 3.05) is 6.54 Å². The van der Waals surface area contributed by atoms with Crippen molar-refractivity contribution in [3.63, 3.8) is 0 Å². The summed E-state index contributed by atoms with van der Waals surface area (Å²) in [5.41, 5.74) is 0. The Kier molecular flexibility index (Phi) is 3.48. The zero-order valence-corrected chi connectivity index (χ0v) is 9.76. The van der Waals surface area contributed by atoms with Crippen molar-refractivity contribution in [1.82, 2.24) is 5.32 Å². The summed E-state index contributed by atoms with van der Waals surface area (Å²) >= 11 is 0. The van der Waals surface area contributed by atoms with Gasteiger partial charge in [-0.3, -0.25) is 0 Å². The zero-order chi connectivity index (χ0) is 9.97. The molecule has 0 radical (unpaired) electrons. The highest BCUT2D eigenvalue weighted by atomic mass is 14.9. The van der Waals surface area contributed by atoms with Crippen LogP contribution in [0.2, 0.25) is 0 Å². The second-order valence-electron chi connectivity index (χ2n) is 5.52. The minimum Gasteiger partial charge on any atom is -0.314 e. The number of hydrogen-bond acceptors (Lipinski definition) is 1. The van der Waals surface area contributed by atoms with E-state index in [1.807, 2.05) is 0 Å². The summed E-state index contributed by atoms with van der Waals surface area (Å²) in [5, 5.41) is 3.78. The van der Waals surface area contributed by atoms with Crippen LogP contribution in [0.4, 0.5) is 0 Å². The van der Waals surface area contributed by atoms with Crippen LogP contribution in [0.1, 0.15) is 52.4 Å². The van der Waals surface area contributed by atoms with Crippen molar-refractivity contribution in [1.29, 1.82) is 0 Å². The maximum Gasteiger partial charge on any atom is 0.00698 e. The highest BCUT2D eigenvalue weighted by Gasteiger charge is 2.32. The van der Waals surface area contributed by atoms with Crippen molar-refractivity contribution in [2.45, 2.75) is 58.4 Å². The third kappa shape index (κ3) is 2.73. The Labute approximate surface area is 88.7 Å². The molecule has 2 aliphatic carbocycles. The van der Waals surface area contributed by atoms with E-state index in [0.717, 1.165) is 23.8 Å². The van der Waals surface area contributed by atoms with Crippen LogP contribution in [-0.4, -0.2) is 12.6 Å². The Balaban J connectivity index is 1.64. The molecule has 2 fully saturated rings. The van der Waals surface area contributed by atoms with E-state index >= 15 is 0 Å². The highest BCUT2D eigenvalue weighted by molar-refractivity contribution is 4.86. The van der Waals surface area contributed by atoms with Gasteiger partial charge in [0.1, 0.15) is 0 Å². The van der Waals surface area contributed by atoms with Gasteiger partial charge in [0.05, 0.1) is 0 Å². The molecule has 1 heteroatoms. The van der Waals surface area contributed by atoms with E-state index in [2.05, 4.69) is 19.2 Å². The maximum atomic E-state index is 3.78. The second-order valence-corrected chi connectivity index (χ2v) is 5.52. The molecule has 0 aromatic heterocycles. The molecule has 0 bridgehead atoms. The fourth-order valence-corrected chi connectivity index (χ4v) is 2.85. The normalized spacial score (nSPS) is 42.4. The molecule has 1 N–H and O–H groups in total. The van der Waals surface area contributed by atoms with Crippen molar-refractivity contribution in [3.05, 3.63) is 0 Å². The van der Waals surface area contributed by atoms with E-state index in [1.54, 1.807) is 0 Å². The molecule has 2 saturated carbocycles. The summed E-state index contributed by atoms with van der Waals surface area (Å²) in [4.78, 5) is 0. The first-order valence-electron chi connectivity index (χ1n) is 6.53. The summed E-state index contributed by atoms with van der Waals surface area (Å²) in [7, 11) is 0. The van der Waals surface area contributed by atoms with Gasteiger partial charge in [-0.05, 0) is 43.6 Å². The molecule has 82 valence electrons. The summed E-state index contributed by atoms with van der Waals surface area (Å²) in [6, 6.07) is 0.849. The molecule has 0 spiro atoms. The molecular formula is C13H25N. The molecule has 2 aliphatic rings. The highest BCUT2D eigenvalue weighted by Crippen LogP contribution is 2.37. The number of nitrogens with one attached hydrogen (secondary N) is 1. The molecule has 1 nitrogen and oxygen atoms in total. The summed E-state index contributed by atoms with van der Waals surface area (Å²) < 4.78 is 0. The van der Waals surface area contributed by atoms with Gasteiger partial charge >= 0.3 is 0 Å². The Morgan fingerprint density at radius 2 is 2.00 bits per heavy atom. The first-order valence-corrected chi connectivity index (χ1v) is 6.53. The van der Waals surface area contributed by atoms with Crippen LogP contribution in [0.5, 0.6) is 0 Å². The minimum absolute atomic E-state index is 0.849. The van der Waals surface area contributed by atoms with E-state index in [-0.39, 0.29) is 0 Å². The largest absolute Gasteiger partial charge is 0.314 e. The quantitative estimate of drug-likeness (QED) is 0.726. The average molecular weight is 195 g/mol. The lowest BCUT2D eigenvalue weighted by molar-refractivity contribution is 0.277. The molecule has 4 unspecified atom stereocenters. The van der Waals surface area contributed by atoms with E-state index in [1.165, 1.54) is 45.1 Å². The lowest BCUT2D eigenvalue weighted by Gasteiger charge is -2.29. The average Bonchev–Trinajstić information content (AvgIpc) is 2.92. The van der Waals surface area contributed by atoms with Crippen LogP contribution in [-0.2, 0) is 0 Å². The van der Waals surface area contributed by atoms with Gasteiger partial charge in [0.15, 0.2) is 0 Å². The van der Waals surface area contributed by atoms with E-state index in [9.17, 15) is 0 Å². The van der Waals surface area contributed by atoms with Crippen molar-refractivity contribution in [3.8, 4) is 0 Å². The fraction of sp³-hybridized carbons (Fsp3) is 1.00. The Bertz CT molecular complexity index is 178. The minimum atomic E-state index is 0.849. The van der Waals surface area contributed by atoms with Crippen LogP contribution in [0, 0.1) is 17.8 Å². The van der Waals surface area contributed by atoms with Crippen LogP contribution >= 0.6 is 0 Å². The molecule has 14 heavy (non-hydrogen) atoms. The Hall–Kier alpha value is -0.0400. The lowest BCUT2D eigenvalue weighted by atomic mass is 9.84. The zero-order valence-electron chi connectivity index (χ0n) is 9.76. The fourth-order valence-electron chi connectivity index (χ4n) is 2.85. The van der Waals surface area contributed by atoms with E-state index in [4.69, 9.17) is 0 Å². The molecular weight excluding hydrogens is 170 g/mol. The Morgan fingerprint density at radius 1 is 1.21 bits per heavy atom. The molecule has 0 heterocycles. The van der Waals surface area contributed by atoms with Gasteiger partial charge in [-0.1, -0.05) is 33.1 Å². The van der Waals surface area contributed by atoms with Gasteiger partial charge in [0.25, 0.3) is 0 Å². The van der Waals surface area contributed by atoms with Crippen LogP contribution in [0.25, 0.3) is 0 Å². The van der Waals surface area contributed by atoms with Gasteiger partial charge in [-0.25, -0.2) is 0 Å². The number of rotatable bonds is 4. The lowest BCUT2D eigenvalue weighted by Crippen LogP contribution is -2.35. The standard InChI is InChI=1S/C13H25N/c1-3-11-5-4-6-13(8-11)14-9-12-7-10(12)2/h10-14H,3-9H2,1-2H3. The second kappa shape index (κ2) is 4.65. The van der Waals surface area contributed by atoms with Gasteiger partial charge in [-0.2, -0.15) is 0 Å². The molecule has 0 amide bonds. The van der Waals surface area contributed by atoms with E-state index < -0.39 is 0 Å². The van der Waals surface area contributed by atoms with Crippen LogP contribution < -0.4 is 5.32 Å². The molecule has 4 atom stereocenters.